The van der Waals surface area contributed by atoms with Crippen LogP contribution in [-0.4, -0.2) is 26.2 Å². The van der Waals surface area contributed by atoms with Crippen molar-refractivity contribution in [2.45, 2.75) is 13.0 Å². The molecule has 2 atom stereocenters. The maximum Gasteiger partial charge on any atom is 0.409 e. The lowest BCUT2D eigenvalue weighted by Gasteiger charge is -2.17. The minimum atomic E-state index is -3.68. The molecule has 106 valence electrons. The van der Waals surface area contributed by atoms with E-state index >= 15 is 0 Å². The summed E-state index contributed by atoms with van der Waals surface area (Å²) in [6.07, 6.45) is 0. The maximum absolute atomic E-state index is 12.0. The van der Waals surface area contributed by atoms with Gasteiger partial charge in [-0.25, -0.2) is 9.65 Å². The van der Waals surface area contributed by atoms with E-state index < -0.39 is 18.9 Å². The minimum absolute atomic E-state index is 0.295. The SMILES string of the molecule is COC(=O)C(C)NP(=O)(Cl)Oc1ccc(OC)cc1. The van der Waals surface area contributed by atoms with Gasteiger partial charge in [-0.2, -0.15) is 0 Å². The van der Waals surface area contributed by atoms with Gasteiger partial charge in [0.15, 0.2) is 0 Å². The zero-order valence-electron chi connectivity index (χ0n) is 10.8. The third-order valence-electron chi connectivity index (χ3n) is 2.18. The Labute approximate surface area is 116 Å². The van der Waals surface area contributed by atoms with Gasteiger partial charge >= 0.3 is 12.8 Å². The minimum Gasteiger partial charge on any atom is -0.497 e. The summed E-state index contributed by atoms with van der Waals surface area (Å²) in [5, 5.41) is 2.38. The first-order valence-electron chi connectivity index (χ1n) is 5.37. The largest absolute Gasteiger partial charge is 0.497 e. The van der Waals surface area contributed by atoms with Crippen LogP contribution in [0, 0.1) is 0 Å². The van der Waals surface area contributed by atoms with Gasteiger partial charge < -0.3 is 14.0 Å². The van der Waals surface area contributed by atoms with Crippen LogP contribution in [0.2, 0.25) is 0 Å². The van der Waals surface area contributed by atoms with Gasteiger partial charge in [-0.15, -0.1) is 0 Å². The molecule has 0 aliphatic heterocycles. The molecule has 2 unspecified atom stereocenters. The Kier molecular flexibility index (Phi) is 5.66. The molecule has 1 aromatic carbocycles. The molecule has 19 heavy (non-hydrogen) atoms. The number of methoxy groups -OCH3 is 2. The Morgan fingerprint density at radius 1 is 1.26 bits per heavy atom. The third kappa shape index (κ3) is 5.11. The molecule has 0 fully saturated rings. The lowest BCUT2D eigenvalue weighted by molar-refractivity contribution is -0.142. The van der Waals surface area contributed by atoms with Crippen molar-refractivity contribution in [2.75, 3.05) is 14.2 Å². The molecule has 0 saturated carbocycles. The van der Waals surface area contributed by atoms with Gasteiger partial charge in [0.2, 0.25) is 0 Å². The first-order chi connectivity index (χ1) is 8.88. The molecular weight excluding hydrogens is 293 g/mol. The fourth-order valence-corrected chi connectivity index (χ4v) is 2.95. The third-order valence-corrected chi connectivity index (χ3v) is 3.83. The standard InChI is InChI=1S/C11H15ClNO5P/c1-8(11(14)17-3)13-19(12,15)18-10-6-4-9(16-2)5-7-10/h4-8H,1-3H3,(H,13,15). The number of esters is 1. The second kappa shape index (κ2) is 6.80. The lowest BCUT2D eigenvalue weighted by atomic mass is 10.3. The molecule has 0 radical (unpaired) electrons. The Morgan fingerprint density at radius 2 is 1.79 bits per heavy atom. The normalized spacial score (nSPS) is 15.2. The topological polar surface area (TPSA) is 73.9 Å². The predicted molar refractivity (Wildman–Crippen MR) is 71.7 cm³/mol. The summed E-state index contributed by atoms with van der Waals surface area (Å²) >= 11 is 5.72. The summed E-state index contributed by atoms with van der Waals surface area (Å²) in [6, 6.07) is 5.54. The second-order valence-electron chi connectivity index (χ2n) is 3.62. The van der Waals surface area contributed by atoms with Crippen molar-refractivity contribution >= 4 is 24.1 Å². The van der Waals surface area contributed by atoms with Gasteiger partial charge in [0, 0.05) is 11.2 Å². The van der Waals surface area contributed by atoms with Crippen molar-refractivity contribution in [3.8, 4) is 11.5 Å². The van der Waals surface area contributed by atoms with Crippen LogP contribution in [0.1, 0.15) is 6.92 Å². The van der Waals surface area contributed by atoms with Gasteiger partial charge in [0.05, 0.1) is 14.2 Å². The first-order valence-corrected chi connectivity index (χ1v) is 7.90. The van der Waals surface area contributed by atoms with Crippen molar-refractivity contribution in [1.29, 1.82) is 0 Å². The zero-order chi connectivity index (χ0) is 14.5. The maximum atomic E-state index is 12.0. The first kappa shape index (κ1) is 15.8. The van der Waals surface area contributed by atoms with Crippen molar-refractivity contribution in [3.05, 3.63) is 24.3 Å². The van der Waals surface area contributed by atoms with E-state index in [1.807, 2.05) is 0 Å². The monoisotopic (exact) mass is 307 g/mol. The fraction of sp³-hybridized carbons (Fsp3) is 0.364. The van der Waals surface area contributed by atoms with Crippen LogP contribution in [0.15, 0.2) is 24.3 Å². The summed E-state index contributed by atoms with van der Waals surface area (Å²) in [5.41, 5.74) is 0. The molecule has 8 heteroatoms. The Balaban J connectivity index is 2.67. The van der Waals surface area contributed by atoms with Gasteiger partial charge in [0.25, 0.3) is 0 Å². The predicted octanol–water partition coefficient (Wildman–Crippen LogP) is 2.57. The number of rotatable bonds is 6. The molecule has 0 spiro atoms. The zero-order valence-corrected chi connectivity index (χ0v) is 12.4. The molecule has 0 aliphatic carbocycles. The summed E-state index contributed by atoms with van der Waals surface area (Å²) < 4.78 is 26.5. The number of ether oxygens (including phenoxy) is 2. The smallest absolute Gasteiger partial charge is 0.409 e. The number of carbonyl (C=O) groups is 1. The molecule has 0 bridgehead atoms. The molecule has 0 aromatic heterocycles. The Morgan fingerprint density at radius 3 is 2.26 bits per heavy atom. The highest BCUT2D eigenvalue weighted by Crippen LogP contribution is 2.48. The molecule has 0 aliphatic rings. The quantitative estimate of drug-likeness (QED) is 0.643. The van der Waals surface area contributed by atoms with Crippen LogP contribution in [-0.2, 0) is 14.1 Å². The number of nitrogens with one attached hydrogen (secondary N) is 1. The summed E-state index contributed by atoms with van der Waals surface area (Å²) in [4.78, 5) is 11.2. The highest BCUT2D eigenvalue weighted by Gasteiger charge is 2.27. The van der Waals surface area contributed by atoms with E-state index in [1.165, 1.54) is 21.1 Å². The van der Waals surface area contributed by atoms with Crippen LogP contribution in [0.5, 0.6) is 11.5 Å². The lowest BCUT2D eigenvalue weighted by Crippen LogP contribution is -2.32. The summed E-state index contributed by atoms with van der Waals surface area (Å²) in [7, 11) is 2.76. The van der Waals surface area contributed by atoms with Crippen molar-refractivity contribution in [3.63, 3.8) is 0 Å². The highest BCUT2D eigenvalue weighted by molar-refractivity contribution is 7.84. The molecule has 0 heterocycles. The average molecular weight is 308 g/mol. The van der Waals surface area contributed by atoms with E-state index in [-0.39, 0.29) is 0 Å². The van der Waals surface area contributed by atoms with E-state index in [0.717, 1.165) is 0 Å². The summed E-state index contributed by atoms with van der Waals surface area (Å²) in [6.45, 7) is -2.21. The molecule has 1 rings (SSSR count). The number of benzene rings is 1. The average Bonchev–Trinajstić information content (AvgIpc) is 2.37. The van der Waals surface area contributed by atoms with E-state index in [4.69, 9.17) is 20.5 Å². The van der Waals surface area contributed by atoms with E-state index in [2.05, 4.69) is 9.82 Å². The van der Waals surface area contributed by atoms with Crippen LogP contribution < -0.4 is 14.3 Å². The van der Waals surface area contributed by atoms with Crippen molar-refractivity contribution in [2.24, 2.45) is 0 Å². The van der Waals surface area contributed by atoms with Crippen molar-refractivity contribution < 1.29 is 23.4 Å². The second-order valence-corrected chi connectivity index (χ2v) is 6.36. The van der Waals surface area contributed by atoms with Crippen LogP contribution in [0.3, 0.4) is 0 Å². The molecular formula is C11H15ClNO5P. The molecule has 6 nitrogen and oxygen atoms in total. The summed E-state index contributed by atoms with van der Waals surface area (Å²) in [5.74, 6) is 0.343. The number of hydrogen-bond acceptors (Lipinski definition) is 5. The molecule has 0 amide bonds. The van der Waals surface area contributed by atoms with Gasteiger partial charge in [-0.3, -0.25) is 4.79 Å². The number of halogens is 1. The van der Waals surface area contributed by atoms with Gasteiger partial charge in [0.1, 0.15) is 17.5 Å². The number of carbonyl (C=O) groups excluding carboxylic acids is 1. The van der Waals surface area contributed by atoms with E-state index in [0.29, 0.717) is 11.5 Å². The Hall–Kier alpha value is -1.23. The van der Waals surface area contributed by atoms with E-state index in [1.54, 1.807) is 24.3 Å². The Bertz CT molecular complexity index is 478. The molecule has 1 aromatic rings. The van der Waals surface area contributed by atoms with Gasteiger partial charge in [-0.1, -0.05) is 0 Å². The fourth-order valence-electron chi connectivity index (χ4n) is 1.26. The van der Waals surface area contributed by atoms with Crippen LogP contribution in [0.25, 0.3) is 0 Å². The van der Waals surface area contributed by atoms with Crippen LogP contribution in [0.4, 0.5) is 0 Å². The molecule has 0 saturated heterocycles. The highest BCUT2D eigenvalue weighted by atomic mass is 35.7. The van der Waals surface area contributed by atoms with Crippen molar-refractivity contribution in [1.82, 2.24) is 5.09 Å². The van der Waals surface area contributed by atoms with Crippen LogP contribution >= 0.6 is 18.1 Å². The van der Waals surface area contributed by atoms with Gasteiger partial charge in [-0.05, 0) is 31.2 Å². The van der Waals surface area contributed by atoms with E-state index in [9.17, 15) is 9.36 Å². The molecule has 1 N–H and O–H groups in total. The number of hydrogen-bond donors (Lipinski definition) is 1.